The number of rotatable bonds is 4. The van der Waals surface area contributed by atoms with Crippen LogP contribution >= 0.6 is 11.3 Å². The maximum atomic E-state index is 12.0. The summed E-state index contributed by atoms with van der Waals surface area (Å²) in [4.78, 5) is 14.6. The second-order valence-electron chi connectivity index (χ2n) is 4.98. The van der Waals surface area contributed by atoms with Gasteiger partial charge in [0.2, 0.25) is 0 Å². The van der Waals surface area contributed by atoms with Crippen molar-refractivity contribution in [2.45, 2.75) is 13.3 Å². The third-order valence-electron chi connectivity index (χ3n) is 3.36. The number of thiophene rings is 1. The summed E-state index contributed by atoms with van der Waals surface area (Å²) >= 11 is 1.30. The average molecular weight is 290 g/mol. The van der Waals surface area contributed by atoms with Gasteiger partial charge in [-0.2, -0.15) is 5.26 Å². The molecule has 5 nitrogen and oxygen atoms in total. The molecule has 106 valence electrons. The van der Waals surface area contributed by atoms with E-state index in [9.17, 15) is 10.1 Å². The monoisotopic (exact) mass is 290 g/mol. The maximum absolute atomic E-state index is 12.0. The Labute approximate surface area is 122 Å². The largest absolute Gasteiger partial charge is 0.396 e. The van der Waals surface area contributed by atoms with Crippen molar-refractivity contribution in [3.05, 3.63) is 23.1 Å². The molecule has 0 saturated carbocycles. The van der Waals surface area contributed by atoms with Gasteiger partial charge < -0.3 is 16.0 Å². The van der Waals surface area contributed by atoms with Gasteiger partial charge in [-0.25, -0.2) is 0 Å². The molecule has 1 aliphatic rings. The number of hydrogen-bond donors (Lipinski definition) is 2. The van der Waals surface area contributed by atoms with Crippen molar-refractivity contribution in [1.82, 2.24) is 5.32 Å². The third-order valence-corrected chi connectivity index (χ3v) is 4.63. The van der Waals surface area contributed by atoms with Crippen molar-refractivity contribution in [1.29, 1.82) is 5.26 Å². The van der Waals surface area contributed by atoms with Crippen molar-refractivity contribution in [2.24, 2.45) is 5.92 Å². The summed E-state index contributed by atoms with van der Waals surface area (Å²) in [5.41, 5.74) is 6.67. The first-order chi connectivity index (χ1) is 9.58. The van der Waals surface area contributed by atoms with E-state index < -0.39 is 0 Å². The number of amides is 1. The van der Waals surface area contributed by atoms with E-state index in [-0.39, 0.29) is 11.6 Å². The molecular weight excluding hydrogens is 272 g/mol. The smallest absolute Gasteiger partial charge is 0.263 e. The van der Waals surface area contributed by atoms with E-state index in [1.54, 1.807) is 6.08 Å². The van der Waals surface area contributed by atoms with Gasteiger partial charge in [0.25, 0.3) is 5.91 Å². The molecular formula is C14H18N4OS. The molecule has 2 heterocycles. The lowest BCUT2D eigenvalue weighted by Crippen LogP contribution is -2.23. The zero-order chi connectivity index (χ0) is 14.7. The Morgan fingerprint density at radius 1 is 1.75 bits per heavy atom. The SMILES string of the molecule is C=CCNC(=O)c1sc(N2CCC(C)C2)c(C#N)c1N. The highest BCUT2D eigenvalue weighted by Gasteiger charge is 2.27. The predicted octanol–water partition coefficient (Wildman–Crippen LogP) is 1.96. The number of hydrogen-bond acceptors (Lipinski definition) is 5. The fraction of sp³-hybridized carbons (Fsp3) is 0.429. The molecule has 2 rings (SSSR count). The molecule has 0 radical (unpaired) electrons. The van der Waals surface area contributed by atoms with E-state index in [0.717, 1.165) is 24.5 Å². The molecule has 1 aromatic heterocycles. The molecule has 1 saturated heterocycles. The van der Waals surface area contributed by atoms with Gasteiger partial charge in [0.1, 0.15) is 21.5 Å². The number of anilines is 2. The van der Waals surface area contributed by atoms with E-state index in [0.29, 0.717) is 22.9 Å². The molecule has 0 bridgehead atoms. The highest BCUT2D eigenvalue weighted by molar-refractivity contribution is 7.19. The first-order valence-corrected chi connectivity index (χ1v) is 7.36. The molecule has 20 heavy (non-hydrogen) atoms. The number of nitrogen functional groups attached to an aromatic ring is 1. The Balaban J connectivity index is 2.32. The topological polar surface area (TPSA) is 82.2 Å². The summed E-state index contributed by atoms with van der Waals surface area (Å²) in [6.45, 7) is 7.93. The molecule has 6 heteroatoms. The van der Waals surface area contributed by atoms with Crippen molar-refractivity contribution in [3.8, 4) is 6.07 Å². The molecule has 0 aromatic carbocycles. The van der Waals surface area contributed by atoms with Gasteiger partial charge in [-0.1, -0.05) is 13.0 Å². The zero-order valence-electron chi connectivity index (χ0n) is 11.5. The summed E-state index contributed by atoms with van der Waals surface area (Å²) in [5, 5.41) is 12.8. The van der Waals surface area contributed by atoms with E-state index in [2.05, 4.69) is 29.8 Å². The first kappa shape index (κ1) is 14.4. The van der Waals surface area contributed by atoms with Crippen LogP contribution in [0.1, 0.15) is 28.6 Å². The van der Waals surface area contributed by atoms with Crippen LogP contribution in [0.25, 0.3) is 0 Å². The number of nitrogens with one attached hydrogen (secondary N) is 1. The first-order valence-electron chi connectivity index (χ1n) is 6.54. The molecule has 0 aliphatic carbocycles. The lowest BCUT2D eigenvalue weighted by Gasteiger charge is -2.15. The number of nitrogens with two attached hydrogens (primary N) is 1. The minimum atomic E-state index is -0.248. The fourth-order valence-electron chi connectivity index (χ4n) is 2.30. The highest BCUT2D eigenvalue weighted by atomic mass is 32.1. The number of nitrogens with zero attached hydrogens (tertiary/aromatic N) is 2. The molecule has 1 aliphatic heterocycles. The summed E-state index contributed by atoms with van der Waals surface area (Å²) in [6.07, 6.45) is 2.70. The highest BCUT2D eigenvalue weighted by Crippen LogP contribution is 2.39. The Kier molecular flexibility index (Phi) is 4.30. The Morgan fingerprint density at radius 3 is 3.05 bits per heavy atom. The van der Waals surface area contributed by atoms with Crippen LogP contribution in [-0.4, -0.2) is 25.5 Å². The molecule has 1 aromatic rings. The van der Waals surface area contributed by atoms with E-state index in [1.807, 2.05) is 0 Å². The van der Waals surface area contributed by atoms with Crippen molar-refractivity contribution < 1.29 is 4.79 Å². The molecule has 1 amide bonds. The third kappa shape index (κ3) is 2.63. The van der Waals surface area contributed by atoms with Gasteiger partial charge in [-0.3, -0.25) is 4.79 Å². The summed E-state index contributed by atoms with van der Waals surface area (Å²) < 4.78 is 0. The summed E-state index contributed by atoms with van der Waals surface area (Å²) in [7, 11) is 0. The van der Waals surface area contributed by atoms with Crippen molar-refractivity contribution in [2.75, 3.05) is 30.3 Å². The minimum absolute atomic E-state index is 0.248. The molecule has 1 unspecified atom stereocenters. The Bertz CT molecular complexity index is 572. The Morgan fingerprint density at radius 2 is 2.50 bits per heavy atom. The van der Waals surface area contributed by atoms with E-state index in [4.69, 9.17) is 5.73 Å². The van der Waals surface area contributed by atoms with Gasteiger partial charge in [0.05, 0.1) is 5.69 Å². The van der Waals surface area contributed by atoms with Crippen LogP contribution < -0.4 is 16.0 Å². The number of nitriles is 1. The predicted molar refractivity (Wildman–Crippen MR) is 82.0 cm³/mol. The second-order valence-corrected chi connectivity index (χ2v) is 5.97. The van der Waals surface area contributed by atoms with Gasteiger partial charge in [-0.05, 0) is 12.3 Å². The minimum Gasteiger partial charge on any atom is -0.396 e. The number of carbonyl (C=O) groups is 1. The van der Waals surface area contributed by atoms with Gasteiger partial charge in [0, 0.05) is 19.6 Å². The van der Waals surface area contributed by atoms with Crippen molar-refractivity contribution in [3.63, 3.8) is 0 Å². The van der Waals surface area contributed by atoms with Crippen molar-refractivity contribution >= 4 is 27.9 Å². The van der Waals surface area contributed by atoms with Crippen LogP contribution in [0.3, 0.4) is 0 Å². The molecule has 1 atom stereocenters. The van der Waals surface area contributed by atoms with Crippen LogP contribution in [0.4, 0.5) is 10.7 Å². The normalized spacial score (nSPS) is 17.8. The fourth-order valence-corrected chi connectivity index (χ4v) is 3.42. The van der Waals surface area contributed by atoms with Gasteiger partial charge >= 0.3 is 0 Å². The van der Waals surface area contributed by atoms with Crippen LogP contribution in [0.2, 0.25) is 0 Å². The number of carbonyl (C=O) groups excluding carboxylic acids is 1. The van der Waals surface area contributed by atoms with Gasteiger partial charge in [-0.15, -0.1) is 17.9 Å². The zero-order valence-corrected chi connectivity index (χ0v) is 12.3. The average Bonchev–Trinajstić information content (AvgIpc) is 2.99. The molecule has 1 fully saturated rings. The standard InChI is InChI=1S/C14H18N4OS/c1-3-5-17-13(19)12-11(16)10(7-15)14(20-12)18-6-4-9(2)8-18/h3,9H,1,4-6,8,16H2,2H3,(H,17,19). The van der Waals surface area contributed by atoms with Crippen LogP contribution in [0, 0.1) is 17.2 Å². The summed E-state index contributed by atoms with van der Waals surface area (Å²) in [6, 6.07) is 2.13. The lowest BCUT2D eigenvalue weighted by atomic mass is 10.2. The molecule has 0 spiro atoms. The van der Waals surface area contributed by atoms with E-state index in [1.165, 1.54) is 11.3 Å². The quantitative estimate of drug-likeness (QED) is 0.831. The molecule has 3 N–H and O–H groups in total. The van der Waals surface area contributed by atoms with E-state index >= 15 is 0 Å². The van der Waals surface area contributed by atoms with Gasteiger partial charge in [0.15, 0.2) is 0 Å². The second kappa shape index (κ2) is 5.97. The Hall–Kier alpha value is -2.00. The van der Waals surface area contributed by atoms with Crippen LogP contribution in [0.5, 0.6) is 0 Å². The lowest BCUT2D eigenvalue weighted by molar-refractivity contribution is 0.0963. The van der Waals surface area contributed by atoms with Crippen LogP contribution in [0.15, 0.2) is 12.7 Å². The summed E-state index contributed by atoms with van der Waals surface area (Å²) in [5.74, 6) is 0.352. The van der Waals surface area contributed by atoms with Crippen LogP contribution in [-0.2, 0) is 0 Å². The maximum Gasteiger partial charge on any atom is 0.263 e.